The third-order valence-electron chi connectivity index (χ3n) is 2.58. The molecular formula is C14H8BrF2IO. The second kappa shape index (κ2) is 6.09. The maximum atomic E-state index is 13.1. The van der Waals surface area contributed by atoms with E-state index in [4.69, 9.17) is 0 Å². The smallest absolute Gasteiger partial charge is 0.168 e. The van der Waals surface area contributed by atoms with Gasteiger partial charge in [-0.05, 0) is 74.4 Å². The highest BCUT2D eigenvalue weighted by Gasteiger charge is 2.12. The van der Waals surface area contributed by atoms with Crippen molar-refractivity contribution in [2.24, 2.45) is 0 Å². The lowest BCUT2D eigenvalue weighted by molar-refractivity contribution is 0.0992. The lowest BCUT2D eigenvalue weighted by Crippen LogP contribution is -2.06. The highest BCUT2D eigenvalue weighted by Crippen LogP contribution is 2.20. The standard InChI is InChI=1S/C14H8BrF2IO/c15-11-5-8(1-4-12(11)17)6-14(19)10-3-2-9(16)7-13(10)18/h1-5,7H,6H2. The molecule has 0 saturated heterocycles. The Kier molecular flexibility index (Phi) is 4.67. The molecule has 0 amide bonds. The van der Waals surface area contributed by atoms with E-state index in [-0.39, 0.29) is 23.8 Å². The van der Waals surface area contributed by atoms with Crippen molar-refractivity contribution in [3.8, 4) is 0 Å². The Morgan fingerprint density at radius 1 is 1.16 bits per heavy atom. The Balaban J connectivity index is 2.23. The Morgan fingerprint density at radius 3 is 2.53 bits per heavy atom. The summed E-state index contributed by atoms with van der Waals surface area (Å²) in [7, 11) is 0. The van der Waals surface area contributed by atoms with Gasteiger partial charge < -0.3 is 0 Å². The molecule has 0 atom stereocenters. The van der Waals surface area contributed by atoms with Gasteiger partial charge in [0.1, 0.15) is 11.6 Å². The van der Waals surface area contributed by atoms with Crippen LogP contribution in [0.5, 0.6) is 0 Å². The summed E-state index contributed by atoms with van der Waals surface area (Å²) in [4.78, 5) is 12.1. The second-order valence-corrected chi connectivity index (χ2v) is 5.99. The molecule has 0 unspecified atom stereocenters. The van der Waals surface area contributed by atoms with E-state index >= 15 is 0 Å². The Bertz CT molecular complexity index is 643. The third-order valence-corrected chi connectivity index (χ3v) is 4.08. The summed E-state index contributed by atoms with van der Waals surface area (Å²) in [5.74, 6) is -0.860. The summed E-state index contributed by atoms with van der Waals surface area (Å²) in [6.45, 7) is 0. The number of benzene rings is 2. The molecule has 1 nitrogen and oxygen atoms in total. The van der Waals surface area contributed by atoms with E-state index in [2.05, 4.69) is 15.9 Å². The van der Waals surface area contributed by atoms with Crippen molar-refractivity contribution >= 4 is 44.3 Å². The van der Waals surface area contributed by atoms with E-state index in [0.717, 1.165) is 0 Å². The quantitative estimate of drug-likeness (QED) is 0.501. The number of carbonyl (C=O) groups is 1. The molecule has 0 aromatic heterocycles. The topological polar surface area (TPSA) is 17.1 Å². The fourth-order valence-electron chi connectivity index (χ4n) is 1.65. The summed E-state index contributed by atoms with van der Waals surface area (Å²) in [5.41, 5.74) is 1.18. The molecular weight excluding hydrogens is 429 g/mol. The Morgan fingerprint density at radius 2 is 1.89 bits per heavy atom. The van der Waals surface area contributed by atoms with E-state index in [0.29, 0.717) is 19.2 Å². The van der Waals surface area contributed by atoms with E-state index in [1.165, 1.54) is 24.3 Å². The minimum atomic E-state index is -0.370. The van der Waals surface area contributed by atoms with E-state index in [9.17, 15) is 13.6 Å². The van der Waals surface area contributed by atoms with Crippen molar-refractivity contribution in [3.05, 3.63) is 67.2 Å². The van der Waals surface area contributed by atoms with Gasteiger partial charge in [-0.2, -0.15) is 0 Å². The molecule has 5 heteroatoms. The van der Waals surface area contributed by atoms with Crippen LogP contribution in [0.1, 0.15) is 15.9 Å². The first kappa shape index (κ1) is 14.6. The van der Waals surface area contributed by atoms with Crippen LogP contribution in [0.4, 0.5) is 8.78 Å². The van der Waals surface area contributed by atoms with Gasteiger partial charge >= 0.3 is 0 Å². The van der Waals surface area contributed by atoms with Gasteiger partial charge in [0.05, 0.1) is 4.47 Å². The van der Waals surface area contributed by atoms with Crippen LogP contribution in [-0.4, -0.2) is 5.78 Å². The van der Waals surface area contributed by atoms with E-state index < -0.39 is 0 Å². The van der Waals surface area contributed by atoms with Crippen molar-refractivity contribution in [1.82, 2.24) is 0 Å². The van der Waals surface area contributed by atoms with E-state index in [1.54, 1.807) is 12.1 Å². The first-order chi connectivity index (χ1) is 8.97. The fraction of sp³-hybridized carbons (Fsp3) is 0.0714. The number of ketones is 1. The molecule has 0 N–H and O–H groups in total. The average Bonchev–Trinajstić information content (AvgIpc) is 2.33. The van der Waals surface area contributed by atoms with Crippen molar-refractivity contribution in [2.75, 3.05) is 0 Å². The van der Waals surface area contributed by atoms with Crippen molar-refractivity contribution in [1.29, 1.82) is 0 Å². The van der Waals surface area contributed by atoms with Crippen molar-refractivity contribution < 1.29 is 13.6 Å². The predicted octanol–water partition coefficient (Wildman–Crippen LogP) is 4.76. The summed E-state index contributed by atoms with van der Waals surface area (Å²) >= 11 is 5.00. The van der Waals surface area contributed by atoms with Crippen molar-refractivity contribution in [3.63, 3.8) is 0 Å². The minimum Gasteiger partial charge on any atom is -0.294 e. The molecule has 0 radical (unpaired) electrons. The molecule has 2 aromatic carbocycles. The number of carbonyl (C=O) groups excluding carboxylic acids is 1. The van der Waals surface area contributed by atoms with Gasteiger partial charge in [0.25, 0.3) is 0 Å². The van der Waals surface area contributed by atoms with Gasteiger partial charge in [-0.25, -0.2) is 8.78 Å². The average molecular weight is 437 g/mol. The molecule has 0 fully saturated rings. The lowest BCUT2D eigenvalue weighted by atomic mass is 10.0. The van der Waals surface area contributed by atoms with Gasteiger partial charge in [0.2, 0.25) is 0 Å². The molecule has 2 rings (SSSR count). The van der Waals surface area contributed by atoms with Gasteiger partial charge in [-0.1, -0.05) is 6.07 Å². The highest BCUT2D eigenvalue weighted by atomic mass is 127. The van der Waals surface area contributed by atoms with Crippen LogP contribution >= 0.6 is 38.5 Å². The number of hydrogen-bond donors (Lipinski definition) is 0. The van der Waals surface area contributed by atoms with E-state index in [1.807, 2.05) is 22.6 Å². The maximum absolute atomic E-state index is 13.1. The summed E-state index contributed by atoms with van der Waals surface area (Å²) in [6.07, 6.45) is 0.153. The number of hydrogen-bond acceptors (Lipinski definition) is 1. The third kappa shape index (κ3) is 3.60. The van der Waals surface area contributed by atoms with Gasteiger partial charge in [0, 0.05) is 15.6 Å². The fourth-order valence-corrected chi connectivity index (χ4v) is 2.85. The Hall–Kier alpha value is -0.820. The molecule has 0 heterocycles. The lowest BCUT2D eigenvalue weighted by Gasteiger charge is -2.05. The van der Waals surface area contributed by atoms with Crippen LogP contribution in [0.15, 0.2) is 40.9 Å². The zero-order valence-electron chi connectivity index (χ0n) is 9.59. The van der Waals surface area contributed by atoms with Crippen LogP contribution < -0.4 is 0 Å². The van der Waals surface area contributed by atoms with Crippen LogP contribution in [0.25, 0.3) is 0 Å². The van der Waals surface area contributed by atoms with Gasteiger partial charge in [0.15, 0.2) is 5.78 Å². The minimum absolute atomic E-state index is 0.122. The number of Topliss-reactive ketones (excluding diaryl/α,β-unsaturated/α-hetero) is 1. The summed E-state index contributed by atoms with van der Waals surface area (Å²) in [5, 5.41) is 0. The van der Waals surface area contributed by atoms with Crippen molar-refractivity contribution in [2.45, 2.75) is 6.42 Å². The monoisotopic (exact) mass is 436 g/mol. The molecule has 0 spiro atoms. The molecule has 0 saturated carbocycles. The van der Waals surface area contributed by atoms with Crippen LogP contribution in [-0.2, 0) is 6.42 Å². The molecule has 0 aliphatic carbocycles. The van der Waals surface area contributed by atoms with Gasteiger partial charge in [-0.15, -0.1) is 0 Å². The molecule has 2 aromatic rings. The van der Waals surface area contributed by atoms with Crippen LogP contribution in [0.3, 0.4) is 0 Å². The second-order valence-electron chi connectivity index (χ2n) is 3.97. The molecule has 98 valence electrons. The SMILES string of the molecule is O=C(Cc1ccc(F)c(Br)c1)c1ccc(F)cc1I. The predicted molar refractivity (Wildman–Crippen MR) is 81.3 cm³/mol. The maximum Gasteiger partial charge on any atom is 0.168 e. The summed E-state index contributed by atoms with van der Waals surface area (Å²) in [6, 6.07) is 8.49. The van der Waals surface area contributed by atoms with Gasteiger partial charge in [-0.3, -0.25) is 4.79 Å². The molecule has 0 aliphatic rings. The number of halogens is 4. The Labute approximate surface area is 131 Å². The molecule has 0 aliphatic heterocycles. The van der Waals surface area contributed by atoms with Crippen LogP contribution in [0.2, 0.25) is 0 Å². The van der Waals surface area contributed by atoms with Crippen LogP contribution in [0, 0.1) is 15.2 Å². The molecule has 19 heavy (non-hydrogen) atoms. The summed E-state index contributed by atoms with van der Waals surface area (Å²) < 4.78 is 27.0. The zero-order chi connectivity index (χ0) is 14.0. The first-order valence-corrected chi connectivity index (χ1v) is 7.26. The largest absolute Gasteiger partial charge is 0.294 e. The number of rotatable bonds is 3. The molecule has 0 bridgehead atoms. The first-order valence-electron chi connectivity index (χ1n) is 5.39. The zero-order valence-corrected chi connectivity index (χ0v) is 13.3. The highest BCUT2D eigenvalue weighted by molar-refractivity contribution is 14.1. The normalized spacial score (nSPS) is 10.5.